The highest BCUT2D eigenvalue weighted by atomic mass is 19.1. The van der Waals surface area contributed by atoms with Crippen molar-refractivity contribution in [3.8, 4) is 16.9 Å². The summed E-state index contributed by atoms with van der Waals surface area (Å²) in [5.74, 6) is 0.101. The summed E-state index contributed by atoms with van der Waals surface area (Å²) < 4.78 is 19.5. The van der Waals surface area contributed by atoms with Crippen molar-refractivity contribution in [3.05, 3.63) is 83.3 Å². The average Bonchev–Trinajstić information content (AvgIpc) is 3.31. The Labute approximate surface area is 192 Å². The van der Waals surface area contributed by atoms with Crippen LogP contribution in [0.2, 0.25) is 0 Å². The Hall–Kier alpha value is -3.71. The van der Waals surface area contributed by atoms with Gasteiger partial charge in [-0.1, -0.05) is 24.3 Å². The summed E-state index contributed by atoms with van der Waals surface area (Å²) in [6, 6.07) is 15.7. The molecular formula is C26H27FN4O2. The lowest BCUT2D eigenvalue weighted by atomic mass is 10.0. The van der Waals surface area contributed by atoms with Crippen molar-refractivity contribution in [3.63, 3.8) is 0 Å². The van der Waals surface area contributed by atoms with Crippen LogP contribution in [-0.4, -0.2) is 41.7 Å². The highest BCUT2D eigenvalue weighted by Gasteiger charge is 2.18. The van der Waals surface area contributed by atoms with E-state index < -0.39 is 0 Å². The van der Waals surface area contributed by atoms with Gasteiger partial charge in [0.15, 0.2) is 0 Å². The van der Waals surface area contributed by atoms with Crippen molar-refractivity contribution in [1.82, 2.24) is 20.4 Å². The van der Waals surface area contributed by atoms with Crippen LogP contribution in [0.4, 0.5) is 4.39 Å². The molecule has 4 aromatic rings. The van der Waals surface area contributed by atoms with E-state index in [1.165, 1.54) is 12.1 Å². The molecule has 0 spiro atoms. The second-order valence-corrected chi connectivity index (χ2v) is 7.89. The maximum Gasteiger partial charge on any atom is 0.254 e. The molecule has 2 N–H and O–H groups in total. The van der Waals surface area contributed by atoms with Crippen LogP contribution in [0.5, 0.6) is 5.75 Å². The van der Waals surface area contributed by atoms with Crippen LogP contribution < -0.4 is 10.1 Å². The smallest absolute Gasteiger partial charge is 0.254 e. The number of benzene rings is 3. The van der Waals surface area contributed by atoms with Gasteiger partial charge in [0.1, 0.15) is 11.6 Å². The Kier molecular flexibility index (Phi) is 6.70. The second kappa shape index (κ2) is 9.83. The summed E-state index contributed by atoms with van der Waals surface area (Å²) in [5.41, 5.74) is 5.02. The summed E-state index contributed by atoms with van der Waals surface area (Å²) in [7, 11) is 3.68. The molecule has 0 aliphatic rings. The standard InChI is InChI=1S/C26H27FN4O2/c1-4-33-24-13-18(10-11-22(24)17-6-5-7-21(27)12-17)26(32)31(3)16-20-9-8-19(14-28-2)23-15-29-30-25(20)23/h5-13,15,28H,4,14,16H2,1-3H3,(H,29,30). The minimum absolute atomic E-state index is 0.131. The van der Waals surface area contributed by atoms with E-state index in [1.54, 1.807) is 36.2 Å². The fraction of sp³-hybridized carbons (Fsp3) is 0.231. The van der Waals surface area contributed by atoms with Crippen LogP contribution in [-0.2, 0) is 13.1 Å². The molecule has 0 atom stereocenters. The third kappa shape index (κ3) is 4.73. The van der Waals surface area contributed by atoms with E-state index in [4.69, 9.17) is 4.74 Å². The van der Waals surface area contributed by atoms with Crippen LogP contribution in [0.15, 0.2) is 60.8 Å². The van der Waals surface area contributed by atoms with E-state index in [0.717, 1.165) is 34.1 Å². The normalized spacial score (nSPS) is 11.0. The number of aromatic amines is 1. The first-order chi connectivity index (χ1) is 16.0. The Morgan fingerprint density at radius 2 is 1.97 bits per heavy atom. The van der Waals surface area contributed by atoms with Gasteiger partial charge in [-0.05, 0) is 61.0 Å². The van der Waals surface area contributed by atoms with Crippen molar-refractivity contribution in [1.29, 1.82) is 0 Å². The number of carbonyl (C=O) groups is 1. The lowest BCUT2D eigenvalue weighted by Gasteiger charge is -2.19. The van der Waals surface area contributed by atoms with Crippen LogP contribution in [0.3, 0.4) is 0 Å². The number of nitrogens with zero attached hydrogens (tertiary/aromatic N) is 2. The third-order valence-corrected chi connectivity index (χ3v) is 5.58. The summed E-state index contributed by atoms with van der Waals surface area (Å²) >= 11 is 0. The van der Waals surface area contributed by atoms with Gasteiger partial charge < -0.3 is 15.0 Å². The summed E-state index contributed by atoms with van der Waals surface area (Å²) in [6.07, 6.45) is 1.81. The molecule has 1 aromatic heterocycles. The number of hydrogen-bond acceptors (Lipinski definition) is 4. The number of halogens is 1. The Bertz CT molecular complexity index is 1280. The predicted octanol–water partition coefficient (Wildman–Crippen LogP) is 4.76. The van der Waals surface area contributed by atoms with Crippen molar-refractivity contribution in [2.24, 2.45) is 0 Å². The van der Waals surface area contributed by atoms with Gasteiger partial charge in [0.25, 0.3) is 5.91 Å². The van der Waals surface area contributed by atoms with Crippen molar-refractivity contribution >= 4 is 16.8 Å². The van der Waals surface area contributed by atoms with Crippen LogP contribution in [0.25, 0.3) is 22.0 Å². The molecule has 7 heteroatoms. The number of ether oxygens (including phenoxy) is 1. The Morgan fingerprint density at radius 3 is 2.73 bits per heavy atom. The molecule has 1 amide bonds. The number of carbonyl (C=O) groups excluding carboxylic acids is 1. The Balaban J connectivity index is 1.60. The predicted molar refractivity (Wildman–Crippen MR) is 128 cm³/mol. The minimum atomic E-state index is -0.319. The molecule has 3 aromatic carbocycles. The molecular weight excluding hydrogens is 419 g/mol. The van der Waals surface area contributed by atoms with Crippen molar-refractivity contribution in [2.75, 3.05) is 20.7 Å². The number of fused-ring (bicyclic) bond motifs is 1. The quantitative estimate of drug-likeness (QED) is 0.409. The first-order valence-electron chi connectivity index (χ1n) is 10.9. The molecule has 170 valence electrons. The van der Waals surface area contributed by atoms with Gasteiger partial charge in [-0.25, -0.2) is 4.39 Å². The lowest BCUT2D eigenvalue weighted by molar-refractivity contribution is 0.0785. The molecule has 0 aliphatic heterocycles. The average molecular weight is 447 g/mol. The molecule has 0 bridgehead atoms. The molecule has 0 saturated heterocycles. The summed E-state index contributed by atoms with van der Waals surface area (Å²) in [4.78, 5) is 14.9. The highest BCUT2D eigenvalue weighted by molar-refractivity contribution is 5.96. The molecule has 0 unspecified atom stereocenters. The van der Waals surface area contributed by atoms with E-state index in [1.807, 2.05) is 32.3 Å². The zero-order valence-electron chi connectivity index (χ0n) is 19.0. The first kappa shape index (κ1) is 22.5. The third-order valence-electron chi connectivity index (χ3n) is 5.58. The van der Waals surface area contributed by atoms with Gasteiger partial charge in [0, 0.05) is 36.7 Å². The van der Waals surface area contributed by atoms with E-state index >= 15 is 0 Å². The fourth-order valence-electron chi connectivity index (χ4n) is 4.00. The minimum Gasteiger partial charge on any atom is -0.493 e. The number of aromatic nitrogens is 2. The van der Waals surface area contributed by atoms with E-state index in [9.17, 15) is 9.18 Å². The zero-order chi connectivity index (χ0) is 23.4. The molecule has 1 heterocycles. The van der Waals surface area contributed by atoms with Gasteiger partial charge in [0.2, 0.25) is 0 Å². The van der Waals surface area contributed by atoms with E-state index in [-0.39, 0.29) is 11.7 Å². The number of nitrogens with one attached hydrogen (secondary N) is 2. The molecule has 0 radical (unpaired) electrons. The van der Waals surface area contributed by atoms with E-state index in [2.05, 4.69) is 21.6 Å². The number of hydrogen-bond donors (Lipinski definition) is 2. The second-order valence-electron chi connectivity index (χ2n) is 7.89. The lowest BCUT2D eigenvalue weighted by Crippen LogP contribution is -2.26. The van der Waals surface area contributed by atoms with Gasteiger partial charge in [-0.15, -0.1) is 0 Å². The van der Waals surface area contributed by atoms with Crippen LogP contribution >= 0.6 is 0 Å². The molecule has 0 saturated carbocycles. The topological polar surface area (TPSA) is 70.2 Å². The monoisotopic (exact) mass is 446 g/mol. The zero-order valence-corrected chi connectivity index (χ0v) is 19.0. The first-order valence-corrected chi connectivity index (χ1v) is 10.9. The van der Waals surface area contributed by atoms with Gasteiger partial charge in [-0.2, -0.15) is 5.10 Å². The number of H-pyrrole nitrogens is 1. The van der Waals surface area contributed by atoms with E-state index in [0.29, 0.717) is 30.0 Å². The molecule has 33 heavy (non-hydrogen) atoms. The van der Waals surface area contributed by atoms with Gasteiger partial charge in [0.05, 0.1) is 18.3 Å². The highest BCUT2D eigenvalue weighted by Crippen LogP contribution is 2.32. The van der Waals surface area contributed by atoms with Crippen LogP contribution in [0.1, 0.15) is 28.4 Å². The Morgan fingerprint density at radius 1 is 1.15 bits per heavy atom. The summed E-state index contributed by atoms with van der Waals surface area (Å²) in [6.45, 7) is 3.48. The molecule has 6 nitrogen and oxygen atoms in total. The van der Waals surface area contributed by atoms with Gasteiger partial charge in [-0.3, -0.25) is 9.89 Å². The van der Waals surface area contributed by atoms with Crippen molar-refractivity contribution in [2.45, 2.75) is 20.0 Å². The molecule has 0 aliphatic carbocycles. The molecule has 4 rings (SSSR count). The fourth-order valence-corrected chi connectivity index (χ4v) is 4.00. The maximum atomic E-state index is 13.7. The molecule has 0 fully saturated rings. The number of amides is 1. The van der Waals surface area contributed by atoms with Crippen LogP contribution in [0, 0.1) is 5.82 Å². The van der Waals surface area contributed by atoms with Gasteiger partial charge >= 0.3 is 0 Å². The number of rotatable bonds is 8. The van der Waals surface area contributed by atoms with Crippen molar-refractivity contribution < 1.29 is 13.9 Å². The SMILES string of the molecule is CCOc1cc(C(=O)N(C)Cc2ccc(CNC)c3cn[nH]c23)ccc1-c1cccc(F)c1. The summed E-state index contributed by atoms with van der Waals surface area (Å²) in [5, 5.41) is 11.5. The largest absolute Gasteiger partial charge is 0.493 e. The maximum absolute atomic E-state index is 13.7.